The maximum Gasteiger partial charge on any atom is 0.274 e. The number of benzene rings is 1. The van der Waals surface area contributed by atoms with Crippen LogP contribution in [0.5, 0.6) is 0 Å². The van der Waals surface area contributed by atoms with Gasteiger partial charge in [0.25, 0.3) is 5.91 Å². The van der Waals surface area contributed by atoms with Crippen molar-refractivity contribution in [1.82, 2.24) is 14.3 Å². The minimum atomic E-state index is 0.0184. The minimum Gasteiger partial charge on any atom is -0.368 e. The molecule has 25 heavy (non-hydrogen) atoms. The van der Waals surface area contributed by atoms with Gasteiger partial charge in [0, 0.05) is 44.3 Å². The highest BCUT2D eigenvalue weighted by atomic mass is 16.2. The number of fused-ring (bicyclic) bond motifs is 1. The van der Waals surface area contributed by atoms with E-state index < -0.39 is 0 Å². The van der Waals surface area contributed by atoms with Gasteiger partial charge in [-0.25, -0.2) is 4.98 Å². The monoisotopic (exact) mass is 334 g/mol. The number of aryl methyl sites for hydroxylation is 2. The second-order valence-corrected chi connectivity index (χ2v) is 6.71. The number of imidazole rings is 1. The molecule has 0 bridgehead atoms. The predicted molar refractivity (Wildman–Crippen MR) is 99.2 cm³/mol. The zero-order valence-electron chi connectivity index (χ0n) is 14.6. The van der Waals surface area contributed by atoms with Gasteiger partial charge < -0.3 is 14.2 Å². The van der Waals surface area contributed by atoms with E-state index in [2.05, 4.69) is 41.1 Å². The van der Waals surface area contributed by atoms with Gasteiger partial charge >= 0.3 is 0 Å². The molecule has 0 radical (unpaired) electrons. The van der Waals surface area contributed by atoms with Crippen molar-refractivity contribution in [2.24, 2.45) is 0 Å². The maximum absolute atomic E-state index is 12.8. The number of anilines is 1. The molecule has 4 rings (SSSR count). The van der Waals surface area contributed by atoms with Crippen LogP contribution in [0.1, 0.15) is 21.6 Å². The lowest BCUT2D eigenvalue weighted by atomic mass is 10.2. The zero-order chi connectivity index (χ0) is 17.4. The maximum atomic E-state index is 12.8. The summed E-state index contributed by atoms with van der Waals surface area (Å²) in [6.07, 6.45) is 3.82. The van der Waals surface area contributed by atoms with E-state index in [9.17, 15) is 4.79 Å². The number of piperazine rings is 1. The molecule has 0 spiro atoms. The molecule has 3 aromatic rings. The molecular formula is C20H22N4O. The molecule has 1 amide bonds. The lowest BCUT2D eigenvalue weighted by Gasteiger charge is -2.35. The number of hydrogen-bond acceptors (Lipinski definition) is 3. The van der Waals surface area contributed by atoms with E-state index >= 15 is 0 Å². The predicted octanol–water partition coefficient (Wildman–Crippen LogP) is 2.91. The van der Waals surface area contributed by atoms with E-state index in [4.69, 9.17) is 0 Å². The summed E-state index contributed by atoms with van der Waals surface area (Å²) in [5, 5.41) is 0. The molecule has 0 unspecified atom stereocenters. The first kappa shape index (κ1) is 15.7. The molecule has 5 nitrogen and oxygen atoms in total. The van der Waals surface area contributed by atoms with Gasteiger partial charge in [-0.2, -0.15) is 0 Å². The first-order valence-corrected chi connectivity index (χ1v) is 8.66. The molecule has 1 fully saturated rings. The second kappa shape index (κ2) is 6.24. The Hall–Kier alpha value is -2.82. The highest BCUT2D eigenvalue weighted by Gasteiger charge is 2.24. The van der Waals surface area contributed by atoms with E-state index in [1.807, 2.05) is 40.8 Å². The number of amides is 1. The lowest BCUT2D eigenvalue weighted by Crippen LogP contribution is -2.48. The van der Waals surface area contributed by atoms with Crippen molar-refractivity contribution in [3.63, 3.8) is 0 Å². The third kappa shape index (κ3) is 3.09. The van der Waals surface area contributed by atoms with E-state index in [0.29, 0.717) is 5.69 Å². The van der Waals surface area contributed by atoms with Gasteiger partial charge in [0.2, 0.25) is 0 Å². The fourth-order valence-corrected chi connectivity index (χ4v) is 3.29. The summed E-state index contributed by atoms with van der Waals surface area (Å²) in [5.41, 5.74) is 4.97. The van der Waals surface area contributed by atoms with E-state index in [-0.39, 0.29) is 5.91 Å². The summed E-state index contributed by atoms with van der Waals surface area (Å²) in [4.78, 5) is 21.5. The van der Waals surface area contributed by atoms with Crippen LogP contribution < -0.4 is 4.90 Å². The van der Waals surface area contributed by atoms with Gasteiger partial charge in [-0.1, -0.05) is 23.8 Å². The fraction of sp³-hybridized carbons (Fsp3) is 0.300. The van der Waals surface area contributed by atoms with E-state index in [1.54, 1.807) is 0 Å². The first-order chi connectivity index (χ1) is 12.1. The topological polar surface area (TPSA) is 40.9 Å². The normalized spacial score (nSPS) is 15.0. The summed E-state index contributed by atoms with van der Waals surface area (Å²) in [6, 6.07) is 12.5. The number of pyridine rings is 1. The number of carbonyl (C=O) groups excluding carboxylic acids is 1. The van der Waals surface area contributed by atoms with Crippen LogP contribution in [0.2, 0.25) is 0 Å². The van der Waals surface area contributed by atoms with Gasteiger partial charge in [0.1, 0.15) is 11.3 Å². The third-order valence-corrected chi connectivity index (χ3v) is 4.78. The summed E-state index contributed by atoms with van der Waals surface area (Å²) in [5.74, 6) is 0.0184. The van der Waals surface area contributed by atoms with Crippen LogP contribution in [0.15, 0.2) is 48.8 Å². The molecular weight excluding hydrogens is 312 g/mol. The largest absolute Gasteiger partial charge is 0.368 e. The highest BCUT2D eigenvalue weighted by Crippen LogP contribution is 2.18. The van der Waals surface area contributed by atoms with Crippen molar-refractivity contribution in [3.05, 3.63) is 65.6 Å². The van der Waals surface area contributed by atoms with Gasteiger partial charge in [0.05, 0.1) is 0 Å². The average Bonchev–Trinajstić information content (AvgIpc) is 3.05. The van der Waals surface area contributed by atoms with Crippen molar-refractivity contribution >= 4 is 17.2 Å². The molecule has 1 aromatic carbocycles. The Kier molecular flexibility index (Phi) is 3.92. The van der Waals surface area contributed by atoms with Crippen molar-refractivity contribution in [1.29, 1.82) is 0 Å². The van der Waals surface area contributed by atoms with Crippen molar-refractivity contribution in [3.8, 4) is 0 Å². The highest BCUT2D eigenvalue weighted by molar-refractivity contribution is 5.93. The van der Waals surface area contributed by atoms with E-state index in [1.165, 1.54) is 11.3 Å². The number of nitrogens with zero attached hydrogens (tertiary/aromatic N) is 4. The van der Waals surface area contributed by atoms with Gasteiger partial charge in [-0.3, -0.25) is 4.79 Å². The first-order valence-electron chi connectivity index (χ1n) is 8.66. The molecule has 0 saturated carbocycles. The van der Waals surface area contributed by atoms with Crippen LogP contribution in [0.4, 0.5) is 5.69 Å². The number of hydrogen-bond donors (Lipinski definition) is 0. The molecule has 1 aliphatic heterocycles. The van der Waals surface area contributed by atoms with Crippen LogP contribution >= 0.6 is 0 Å². The van der Waals surface area contributed by atoms with E-state index in [0.717, 1.165) is 37.4 Å². The van der Waals surface area contributed by atoms with Crippen molar-refractivity contribution < 1.29 is 4.79 Å². The molecule has 1 aliphatic rings. The van der Waals surface area contributed by atoms with Crippen LogP contribution in [-0.2, 0) is 0 Å². The molecule has 5 heteroatoms. The molecule has 2 aromatic heterocycles. The van der Waals surface area contributed by atoms with Crippen LogP contribution in [-0.4, -0.2) is 46.4 Å². The molecule has 0 N–H and O–H groups in total. The van der Waals surface area contributed by atoms with Crippen LogP contribution in [0.25, 0.3) is 5.65 Å². The van der Waals surface area contributed by atoms with Crippen molar-refractivity contribution in [2.75, 3.05) is 31.1 Å². The van der Waals surface area contributed by atoms with Gasteiger partial charge in [0.15, 0.2) is 0 Å². The Balaban J connectivity index is 1.46. The SMILES string of the molecule is Cc1ccc(N2CCN(C(=O)c3cn4cc(C)ccc4n3)CC2)cc1. The standard InChI is InChI=1S/C20H22N4O/c1-15-3-6-17(7-4-15)22-9-11-23(12-10-22)20(25)18-14-24-13-16(2)5-8-19(24)21-18/h3-8,13-14H,9-12H2,1-2H3. The Morgan fingerprint density at radius 3 is 2.28 bits per heavy atom. The third-order valence-electron chi connectivity index (χ3n) is 4.78. The summed E-state index contributed by atoms with van der Waals surface area (Å²) >= 11 is 0. The second-order valence-electron chi connectivity index (χ2n) is 6.71. The smallest absolute Gasteiger partial charge is 0.274 e. The summed E-state index contributed by atoms with van der Waals surface area (Å²) < 4.78 is 1.92. The quantitative estimate of drug-likeness (QED) is 0.723. The summed E-state index contributed by atoms with van der Waals surface area (Å²) in [6.45, 7) is 7.27. The Morgan fingerprint density at radius 2 is 1.56 bits per heavy atom. The molecule has 1 saturated heterocycles. The minimum absolute atomic E-state index is 0.0184. The zero-order valence-corrected chi connectivity index (χ0v) is 14.6. The Morgan fingerprint density at radius 1 is 0.880 bits per heavy atom. The van der Waals surface area contributed by atoms with Crippen molar-refractivity contribution in [2.45, 2.75) is 13.8 Å². The van der Waals surface area contributed by atoms with Gasteiger partial charge in [-0.05, 0) is 37.6 Å². The number of aromatic nitrogens is 2. The average molecular weight is 334 g/mol. The number of rotatable bonds is 2. The van der Waals surface area contributed by atoms with Crippen LogP contribution in [0.3, 0.4) is 0 Å². The molecule has 3 heterocycles. The summed E-state index contributed by atoms with van der Waals surface area (Å²) in [7, 11) is 0. The molecule has 128 valence electrons. The van der Waals surface area contributed by atoms with Gasteiger partial charge in [-0.15, -0.1) is 0 Å². The Bertz CT molecular complexity index is 905. The fourth-order valence-electron chi connectivity index (χ4n) is 3.29. The Labute approximate surface area is 147 Å². The molecule has 0 aliphatic carbocycles. The number of carbonyl (C=O) groups is 1. The van der Waals surface area contributed by atoms with Crippen LogP contribution in [0, 0.1) is 13.8 Å². The lowest BCUT2D eigenvalue weighted by molar-refractivity contribution is 0.0741. The molecule has 0 atom stereocenters.